The number of carbonyl (C=O) groups excluding carboxylic acids is 2. The van der Waals surface area contributed by atoms with E-state index in [9.17, 15) is 14.0 Å². The molecule has 10 heteroatoms. The van der Waals surface area contributed by atoms with Gasteiger partial charge in [-0.15, -0.1) is 10.2 Å². The van der Waals surface area contributed by atoms with E-state index in [4.69, 9.17) is 4.74 Å². The lowest BCUT2D eigenvalue weighted by Gasteiger charge is -2.33. The molecule has 0 unspecified atom stereocenters. The van der Waals surface area contributed by atoms with Gasteiger partial charge in [-0.3, -0.25) is 14.5 Å². The predicted molar refractivity (Wildman–Crippen MR) is 115 cm³/mol. The minimum absolute atomic E-state index is 0.0373. The van der Waals surface area contributed by atoms with Crippen molar-refractivity contribution in [1.82, 2.24) is 14.8 Å². The van der Waals surface area contributed by atoms with Crippen molar-refractivity contribution in [2.45, 2.75) is 18.1 Å². The summed E-state index contributed by atoms with van der Waals surface area (Å²) < 4.78 is 20.3. The summed E-state index contributed by atoms with van der Waals surface area (Å²) in [6, 6.07) is 12.5. The molecule has 31 heavy (non-hydrogen) atoms. The van der Waals surface area contributed by atoms with Crippen LogP contribution in [0, 0.1) is 5.82 Å². The zero-order valence-electron chi connectivity index (χ0n) is 16.9. The molecule has 0 fully saturated rings. The van der Waals surface area contributed by atoms with Crippen LogP contribution in [0.4, 0.5) is 15.8 Å². The SMILES string of the molecule is C[C@H](c1nnc(SCC(=O)Nc2ccc(F)cc2)n1C)N1C(=O)COc2ccccc21. The molecule has 0 saturated carbocycles. The highest BCUT2D eigenvalue weighted by Crippen LogP contribution is 2.37. The maximum absolute atomic E-state index is 13.0. The van der Waals surface area contributed by atoms with E-state index in [0.29, 0.717) is 28.1 Å². The second-order valence-corrected chi connectivity index (χ2v) is 7.88. The van der Waals surface area contributed by atoms with Crippen LogP contribution in [0.3, 0.4) is 0 Å². The molecule has 1 aromatic heterocycles. The topological polar surface area (TPSA) is 89.4 Å². The molecule has 2 heterocycles. The highest BCUT2D eigenvalue weighted by atomic mass is 32.2. The van der Waals surface area contributed by atoms with Crippen molar-refractivity contribution in [2.24, 2.45) is 7.05 Å². The molecule has 0 spiro atoms. The Morgan fingerprint density at radius 2 is 1.97 bits per heavy atom. The molecule has 1 aliphatic rings. The van der Waals surface area contributed by atoms with Gasteiger partial charge in [-0.25, -0.2) is 4.39 Å². The number of rotatable bonds is 6. The first-order chi connectivity index (χ1) is 14.9. The Bertz CT molecular complexity index is 1120. The van der Waals surface area contributed by atoms with Gasteiger partial charge in [-0.2, -0.15) is 0 Å². The van der Waals surface area contributed by atoms with Crippen molar-refractivity contribution in [1.29, 1.82) is 0 Å². The largest absolute Gasteiger partial charge is 0.482 e. The monoisotopic (exact) mass is 441 g/mol. The summed E-state index contributed by atoms with van der Waals surface area (Å²) in [5, 5.41) is 11.7. The molecule has 0 bridgehead atoms. The fourth-order valence-electron chi connectivity index (χ4n) is 3.34. The Labute approximate surface area is 182 Å². The molecule has 1 aliphatic heterocycles. The van der Waals surface area contributed by atoms with E-state index in [1.54, 1.807) is 16.5 Å². The van der Waals surface area contributed by atoms with Crippen molar-refractivity contribution in [3.05, 3.63) is 60.2 Å². The molecule has 3 aromatic rings. The van der Waals surface area contributed by atoms with Crippen molar-refractivity contribution in [2.75, 3.05) is 22.6 Å². The van der Waals surface area contributed by atoms with E-state index in [1.807, 2.05) is 31.2 Å². The number of amides is 2. The van der Waals surface area contributed by atoms with Crippen LogP contribution < -0.4 is 15.0 Å². The van der Waals surface area contributed by atoms with Crippen LogP contribution in [-0.4, -0.2) is 38.9 Å². The van der Waals surface area contributed by atoms with E-state index in [-0.39, 0.29) is 36.0 Å². The summed E-state index contributed by atoms with van der Waals surface area (Å²) in [5.74, 6) is 0.564. The van der Waals surface area contributed by atoms with Crippen LogP contribution in [0.2, 0.25) is 0 Å². The second kappa shape index (κ2) is 8.76. The number of aromatic nitrogens is 3. The molecule has 4 rings (SSSR count). The maximum Gasteiger partial charge on any atom is 0.265 e. The Kier molecular flexibility index (Phi) is 5.90. The zero-order valence-corrected chi connectivity index (χ0v) is 17.7. The molecule has 0 radical (unpaired) electrons. The molecule has 1 atom stereocenters. The van der Waals surface area contributed by atoms with Gasteiger partial charge in [-0.1, -0.05) is 23.9 Å². The number of nitrogens with one attached hydrogen (secondary N) is 1. The number of carbonyl (C=O) groups is 2. The summed E-state index contributed by atoms with van der Waals surface area (Å²) in [7, 11) is 1.79. The number of ether oxygens (including phenoxy) is 1. The Hall–Kier alpha value is -3.40. The lowest BCUT2D eigenvalue weighted by atomic mass is 10.1. The molecule has 2 aromatic carbocycles. The highest BCUT2D eigenvalue weighted by molar-refractivity contribution is 7.99. The van der Waals surface area contributed by atoms with Crippen LogP contribution >= 0.6 is 11.8 Å². The minimum Gasteiger partial charge on any atom is -0.482 e. The summed E-state index contributed by atoms with van der Waals surface area (Å²) in [6.07, 6.45) is 0. The van der Waals surface area contributed by atoms with Gasteiger partial charge in [0.05, 0.1) is 17.5 Å². The molecular formula is C21H20FN5O3S. The van der Waals surface area contributed by atoms with Crippen LogP contribution in [0.1, 0.15) is 18.8 Å². The van der Waals surface area contributed by atoms with Gasteiger partial charge >= 0.3 is 0 Å². The van der Waals surface area contributed by atoms with Crippen LogP contribution in [0.5, 0.6) is 5.75 Å². The van der Waals surface area contributed by atoms with Crippen molar-refractivity contribution >= 4 is 35.0 Å². The first kappa shape index (κ1) is 20.9. The van der Waals surface area contributed by atoms with Crippen molar-refractivity contribution in [3.63, 3.8) is 0 Å². The molecule has 1 N–H and O–H groups in total. The number of para-hydroxylation sites is 2. The first-order valence-electron chi connectivity index (χ1n) is 9.55. The molecule has 160 valence electrons. The number of benzene rings is 2. The van der Waals surface area contributed by atoms with Gasteiger partial charge in [0.2, 0.25) is 5.91 Å². The van der Waals surface area contributed by atoms with Gasteiger partial charge in [-0.05, 0) is 43.3 Å². The number of fused-ring (bicyclic) bond motifs is 1. The first-order valence-corrected chi connectivity index (χ1v) is 10.5. The fraction of sp³-hybridized carbons (Fsp3) is 0.238. The lowest BCUT2D eigenvalue weighted by molar-refractivity contribution is -0.121. The van der Waals surface area contributed by atoms with Gasteiger partial charge < -0.3 is 14.6 Å². The van der Waals surface area contributed by atoms with Crippen molar-refractivity contribution in [3.8, 4) is 5.75 Å². The third-order valence-corrected chi connectivity index (χ3v) is 5.85. The third-order valence-electron chi connectivity index (χ3n) is 4.83. The molecule has 0 aliphatic carbocycles. The van der Waals surface area contributed by atoms with Crippen LogP contribution in [-0.2, 0) is 16.6 Å². The quantitative estimate of drug-likeness (QED) is 0.591. The molecule has 0 saturated heterocycles. The second-order valence-electron chi connectivity index (χ2n) is 6.94. The Morgan fingerprint density at radius 3 is 2.74 bits per heavy atom. The van der Waals surface area contributed by atoms with Crippen molar-refractivity contribution < 1.29 is 18.7 Å². The summed E-state index contributed by atoms with van der Waals surface area (Å²) >= 11 is 1.22. The van der Waals surface area contributed by atoms with Crippen LogP contribution in [0.25, 0.3) is 0 Å². The number of halogens is 1. The predicted octanol–water partition coefficient (Wildman–Crippen LogP) is 3.17. The minimum atomic E-state index is -0.377. The summed E-state index contributed by atoms with van der Waals surface area (Å²) in [6.45, 7) is 1.84. The maximum atomic E-state index is 13.0. The normalized spacial score (nSPS) is 14.0. The van der Waals surface area contributed by atoms with Gasteiger partial charge in [0.1, 0.15) is 11.6 Å². The summed E-state index contributed by atoms with van der Waals surface area (Å²) in [5.41, 5.74) is 1.20. The number of anilines is 2. The lowest BCUT2D eigenvalue weighted by Crippen LogP contribution is -2.41. The van der Waals surface area contributed by atoms with E-state index in [1.165, 1.54) is 36.0 Å². The van der Waals surface area contributed by atoms with E-state index >= 15 is 0 Å². The number of thioether (sulfide) groups is 1. The third kappa shape index (κ3) is 4.38. The van der Waals surface area contributed by atoms with Gasteiger partial charge in [0.15, 0.2) is 17.6 Å². The van der Waals surface area contributed by atoms with E-state index in [2.05, 4.69) is 15.5 Å². The number of nitrogens with zero attached hydrogens (tertiary/aromatic N) is 4. The highest BCUT2D eigenvalue weighted by Gasteiger charge is 2.32. The molecular weight excluding hydrogens is 421 g/mol. The smallest absolute Gasteiger partial charge is 0.265 e. The number of hydrogen-bond donors (Lipinski definition) is 1. The average Bonchev–Trinajstić information content (AvgIpc) is 3.14. The Balaban J connectivity index is 1.45. The van der Waals surface area contributed by atoms with E-state index < -0.39 is 0 Å². The number of hydrogen-bond acceptors (Lipinski definition) is 6. The van der Waals surface area contributed by atoms with Gasteiger partial charge in [0, 0.05) is 12.7 Å². The van der Waals surface area contributed by atoms with Crippen LogP contribution in [0.15, 0.2) is 53.7 Å². The molecule has 2 amide bonds. The Morgan fingerprint density at radius 1 is 1.23 bits per heavy atom. The molecule has 8 nitrogen and oxygen atoms in total. The summed E-state index contributed by atoms with van der Waals surface area (Å²) in [4.78, 5) is 26.4. The zero-order chi connectivity index (χ0) is 22.0. The van der Waals surface area contributed by atoms with E-state index in [0.717, 1.165) is 0 Å². The fourth-order valence-corrected chi connectivity index (χ4v) is 4.06. The standard InChI is InChI=1S/C21H20FN5O3S/c1-13(27-16-5-3-4-6-17(16)30-11-19(27)29)20-24-25-21(26(20)2)31-12-18(28)23-15-9-7-14(22)8-10-15/h3-10,13H,11-12H2,1-2H3,(H,23,28)/t13-/m1/s1. The average molecular weight is 441 g/mol. The van der Waals surface area contributed by atoms with Gasteiger partial charge in [0.25, 0.3) is 5.91 Å².